The molecule has 0 radical (unpaired) electrons. The lowest BCUT2D eigenvalue weighted by atomic mass is 10.0. The van der Waals surface area contributed by atoms with Crippen LogP contribution in [0.3, 0.4) is 0 Å². The van der Waals surface area contributed by atoms with Crippen LogP contribution in [0, 0.1) is 0 Å². The summed E-state index contributed by atoms with van der Waals surface area (Å²) >= 11 is 2.16. The van der Waals surface area contributed by atoms with Crippen LogP contribution >= 0.6 is 21.0 Å². The zero-order valence-electron chi connectivity index (χ0n) is 11.6. The monoisotopic (exact) mass is 264 g/mol. The van der Waals surface area contributed by atoms with Gasteiger partial charge in [0.2, 0.25) is 0 Å². The lowest BCUT2D eigenvalue weighted by Gasteiger charge is -2.42. The normalized spacial score (nSPS) is 30.4. The Morgan fingerprint density at radius 1 is 1.12 bits per heavy atom. The third kappa shape index (κ3) is 4.18. The summed E-state index contributed by atoms with van der Waals surface area (Å²) in [6.45, 7) is 9.74. The van der Waals surface area contributed by atoms with Crippen molar-refractivity contribution >= 4 is 21.0 Å². The van der Waals surface area contributed by atoms with Gasteiger partial charge in [-0.15, -0.1) is 21.0 Å². The molecule has 2 atom stereocenters. The molecular formula is C12H29N2PS. The zero-order valence-corrected chi connectivity index (χ0v) is 13.6. The lowest BCUT2D eigenvalue weighted by molar-refractivity contribution is 0.124. The maximum absolute atomic E-state index is 2.55. The summed E-state index contributed by atoms with van der Waals surface area (Å²) in [5.41, 5.74) is 0. The van der Waals surface area contributed by atoms with Gasteiger partial charge < -0.3 is 4.90 Å². The maximum atomic E-state index is 2.55. The quantitative estimate of drug-likeness (QED) is 0.621. The fourth-order valence-corrected chi connectivity index (χ4v) is 3.98. The second kappa shape index (κ2) is 8.74. The van der Waals surface area contributed by atoms with E-state index in [-0.39, 0.29) is 0 Å². The summed E-state index contributed by atoms with van der Waals surface area (Å²) in [7, 11) is 6.94. The minimum atomic E-state index is 0.479. The van der Waals surface area contributed by atoms with E-state index in [1.165, 1.54) is 38.2 Å². The molecule has 0 aromatic rings. The molecule has 2 rings (SSSR count). The number of hydrogen-bond acceptors (Lipinski definition) is 3. The summed E-state index contributed by atoms with van der Waals surface area (Å²) in [5.74, 6) is 1.32. The number of thioether (sulfide) groups is 1. The highest BCUT2D eigenvalue weighted by Gasteiger charge is 2.41. The smallest absolute Gasteiger partial charge is 0.0797 e. The van der Waals surface area contributed by atoms with E-state index in [0.29, 0.717) is 4.87 Å². The Hall–Kier alpha value is 0.700. The van der Waals surface area contributed by atoms with E-state index < -0.39 is 0 Å². The molecule has 2 heterocycles. The van der Waals surface area contributed by atoms with Crippen molar-refractivity contribution in [3.05, 3.63) is 0 Å². The van der Waals surface area contributed by atoms with E-state index in [9.17, 15) is 0 Å². The largest absolute Gasteiger partial charge is 0.304 e. The Morgan fingerprint density at radius 2 is 1.75 bits per heavy atom. The number of piperidine rings is 1. The molecule has 0 aliphatic carbocycles. The zero-order chi connectivity index (χ0) is 12.6. The number of rotatable bonds is 0. The first-order valence-corrected chi connectivity index (χ1v) is 8.48. The summed E-state index contributed by atoms with van der Waals surface area (Å²) in [5, 5.41) is 0. The first-order valence-electron chi connectivity index (χ1n) is 6.34. The van der Waals surface area contributed by atoms with Crippen LogP contribution in [0.2, 0.25) is 0 Å². The molecule has 0 bridgehead atoms. The third-order valence-electron chi connectivity index (χ3n) is 3.12. The molecule has 2 nitrogen and oxygen atoms in total. The molecular weight excluding hydrogens is 235 g/mol. The average Bonchev–Trinajstić information content (AvgIpc) is 2.66. The average molecular weight is 264 g/mol. The molecule has 2 saturated heterocycles. The van der Waals surface area contributed by atoms with Crippen LogP contribution < -0.4 is 0 Å². The van der Waals surface area contributed by atoms with Gasteiger partial charge in [0.25, 0.3) is 0 Å². The van der Waals surface area contributed by atoms with Crippen molar-refractivity contribution in [2.45, 2.75) is 31.6 Å². The van der Waals surface area contributed by atoms with Gasteiger partial charge in [-0.2, -0.15) is 0 Å². The van der Waals surface area contributed by atoms with E-state index in [2.05, 4.69) is 44.9 Å². The summed E-state index contributed by atoms with van der Waals surface area (Å²) < 4.78 is 0. The van der Waals surface area contributed by atoms with Crippen LogP contribution in [0.25, 0.3) is 0 Å². The summed E-state index contributed by atoms with van der Waals surface area (Å²) in [4.78, 5) is 5.50. The highest BCUT2D eigenvalue weighted by molar-refractivity contribution is 8.00. The molecule has 0 amide bonds. The summed E-state index contributed by atoms with van der Waals surface area (Å²) in [6, 6.07) is 0. The Kier molecular flexibility index (Phi) is 9.12. The van der Waals surface area contributed by atoms with E-state index in [0.717, 1.165) is 0 Å². The first kappa shape index (κ1) is 16.7. The van der Waals surface area contributed by atoms with E-state index in [1.807, 2.05) is 20.5 Å². The van der Waals surface area contributed by atoms with Crippen molar-refractivity contribution in [1.29, 1.82) is 0 Å². The number of likely N-dealkylation sites (tertiary alicyclic amines) is 1. The topological polar surface area (TPSA) is 6.48 Å². The van der Waals surface area contributed by atoms with Gasteiger partial charge in [0.1, 0.15) is 0 Å². The highest BCUT2D eigenvalue weighted by Crippen LogP contribution is 2.40. The van der Waals surface area contributed by atoms with Gasteiger partial charge in [0.05, 0.1) is 4.87 Å². The Morgan fingerprint density at radius 3 is 2.19 bits per heavy atom. The van der Waals surface area contributed by atoms with Crippen LogP contribution in [0.15, 0.2) is 0 Å². The molecule has 1 spiro atoms. The van der Waals surface area contributed by atoms with Gasteiger partial charge in [0.15, 0.2) is 0 Å². The van der Waals surface area contributed by atoms with Crippen LogP contribution in [0.5, 0.6) is 0 Å². The standard InChI is InChI=1S/C9H18N2S.C2H6.CH5P/c1-10-5-3-4-9(8-10)11(2)6-7-12-9;2*1-2/h3-8H2,1-2H3;1-2H3;2H2,1H3. The number of nitrogens with zero attached hydrogens (tertiary/aromatic N) is 2. The van der Waals surface area contributed by atoms with Crippen molar-refractivity contribution in [1.82, 2.24) is 9.80 Å². The molecule has 98 valence electrons. The van der Waals surface area contributed by atoms with Crippen molar-refractivity contribution in [3.63, 3.8) is 0 Å². The van der Waals surface area contributed by atoms with Crippen molar-refractivity contribution in [3.8, 4) is 0 Å². The van der Waals surface area contributed by atoms with Crippen LogP contribution in [-0.4, -0.2) is 60.8 Å². The van der Waals surface area contributed by atoms with E-state index in [4.69, 9.17) is 0 Å². The van der Waals surface area contributed by atoms with Crippen molar-refractivity contribution < 1.29 is 0 Å². The SMILES string of the molecule is CC.CN1CCCC2(C1)SCCN2C.CP. The fraction of sp³-hybridized carbons (Fsp3) is 1.00. The maximum Gasteiger partial charge on any atom is 0.0797 e. The van der Waals surface area contributed by atoms with Gasteiger partial charge in [0, 0.05) is 18.8 Å². The van der Waals surface area contributed by atoms with Crippen LogP contribution in [-0.2, 0) is 0 Å². The first-order chi connectivity index (χ1) is 7.73. The van der Waals surface area contributed by atoms with Crippen molar-refractivity contribution in [2.75, 3.05) is 46.1 Å². The second-order valence-corrected chi connectivity index (χ2v) is 5.51. The molecule has 16 heavy (non-hydrogen) atoms. The molecule has 4 heteroatoms. The third-order valence-corrected chi connectivity index (χ3v) is 4.69. The molecule has 2 aliphatic heterocycles. The Balaban J connectivity index is 0.000000509. The molecule has 2 aliphatic rings. The Bertz CT molecular complexity index is 180. The molecule has 0 saturated carbocycles. The molecule has 0 aromatic heterocycles. The molecule has 0 N–H and O–H groups in total. The predicted octanol–water partition coefficient (Wildman–Crippen LogP) is 2.60. The van der Waals surface area contributed by atoms with Gasteiger partial charge in [-0.25, -0.2) is 0 Å². The minimum Gasteiger partial charge on any atom is -0.304 e. The van der Waals surface area contributed by atoms with Crippen LogP contribution in [0.4, 0.5) is 0 Å². The predicted molar refractivity (Wildman–Crippen MR) is 81.5 cm³/mol. The second-order valence-electron chi connectivity index (χ2n) is 4.06. The van der Waals surface area contributed by atoms with Crippen molar-refractivity contribution in [2.24, 2.45) is 0 Å². The molecule has 2 unspecified atom stereocenters. The molecule has 2 fully saturated rings. The Labute approximate surface area is 109 Å². The van der Waals surface area contributed by atoms with Gasteiger partial charge in [-0.05, 0) is 33.5 Å². The highest BCUT2D eigenvalue weighted by atomic mass is 32.2. The van der Waals surface area contributed by atoms with E-state index >= 15 is 0 Å². The number of hydrogen-bond donors (Lipinski definition) is 0. The lowest BCUT2D eigenvalue weighted by Crippen LogP contribution is -2.51. The minimum absolute atomic E-state index is 0.479. The fourth-order valence-electron chi connectivity index (χ4n) is 2.32. The van der Waals surface area contributed by atoms with Gasteiger partial charge >= 0.3 is 0 Å². The van der Waals surface area contributed by atoms with Gasteiger partial charge in [-0.3, -0.25) is 4.90 Å². The number of likely N-dealkylation sites (N-methyl/N-ethyl adjacent to an activating group) is 2. The summed E-state index contributed by atoms with van der Waals surface area (Å²) in [6.07, 6.45) is 2.76. The molecule has 0 aromatic carbocycles. The van der Waals surface area contributed by atoms with Gasteiger partial charge in [-0.1, -0.05) is 20.5 Å². The van der Waals surface area contributed by atoms with Crippen LogP contribution in [0.1, 0.15) is 26.7 Å². The van der Waals surface area contributed by atoms with E-state index in [1.54, 1.807) is 0 Å².